The molecular formula is C29H42N4O5Si. The van der Waals surface area contributed by atoms with Gasteiger partial charge in [-0.15, -0.1) is 0 Å². The van der Waals surface area contributed by atoms with Crippen LogP contribution in [0.25, 0.3) is 11.0 Å². The van der Waals surface area contributed by atoms with E-state index in [2.05, 4.69) is 35.3 Å². The first-order valence-electron chi connectivity index (χ1n) is 13.7. The average Bonchev–Trinajstić information content (AvgIpc) is 3.51. The predicted molar refractivity (Wildman–Crippen MR) is 152 cm³/mol. The predicted octanol–water partition coefficient (Wildman–Crippen LogP) is 4.91. The van der Waals surface area contributed by atoms with Crippen molar-refractivity contribution in [3.8, 4) is 5.88 Å². The zero-order chi connectivity index (χ0) is 28.0. The number of rotatable bonds is 10. The van der Waals surface area contributed by atoms with E-state index in [1.807, 2.05) is 61.8 Å². The van der Waals surface area contributed by atoms with Gasteiger partial charge in [-0.05, 0) is 50.4 Å². The van der Waals surface area contributed by atoms with Crippen molar-refractivity contribution in [1.29, 1.82) is 0 Å². The third kappa shape index (κ3) is 5.64. The quantitative estimate of drug-likeness (QED) is 0.341. The molecule has 0 amide bonds. The molecule has 0 spiro atoms. The molecule has 2 aliphatic rings. The Hall–Kier alpha value is -2.34. The minimum absolute atomic E-state index is 0.0777. The summed E-state index contributed by atoms with van der Waals surface area (Å²) in [5.41, 5.74) is 3.71. The number of benzene rings is 1. The SMILES string of the molecule is COc1ncnc2c([C@@H]3N[C@H](CCC(C)(C)[Si](C)(C)O)[C@H]4OC(C)(C)O[C@H]43)cn(COCc3ccccc3)c12. The molecule has 39 heavy (non-hydrogen) atoms. The Labute approximate surface area is 232 Å². The number of nitrogens with zero attached hydrogens (tertiary/aromatic N) is 3. The van der Waals surface area contributed by atoms with E-state index in [0.29, 0.717) is 19.2 Å². The van der Waals surface area contributed by atoms with Crippen molar-refractivity contribution >= 4 is 19.4 Å². The van der Waals surface area contributed by atoms with Crippen molar-refractivity contribution in [1.82, 2.24) is 19.9 Å². The van der Waals surface area contributed by atoms with Crippen LogP contribution in [0.15, 0.2) is 42.9 Å². The van der Waals surface area contributed by atoms with Gasteiger partial charge in [0.15, 0.2) is 14.1 Å². The van der Waals surface area contributed by atoms with Crippen molar-refractivity contribution in [2.24, 2.45) is 0 Å². The van der Waals surface area contributed by atoms with E-state index < -0.39 is 14.1 Å². The van der Waals surface area contributed by atoms with Crippen molar-refractivity contribution < 1.29 is 23.7 Å². The van der Waals surface area contributed by atoms with Crippen LogP contribution in [0.5, 0.6) is 5.88 Å². The van der Waals surface area contributed by atoms with Crippen LogP contribution in [0.3, 0.4) is 0 Å². The van der Waals surface area contributed by atoms with E-state index in [1.54, 1.807) is 7.11 Å². The Morgan fingerprint density at radius 2 is 1.85 bits per heavy atom. The summed E-state index contributed by atoms with van der Waals surface area (Å²) in [6.45, 7) is 13.1. The van der Waals surface area contributed by atoms with Gasteiger partial charge < -0.3 is 33.6 Å². The second-order valence-electron chi connectivity index (χ2n) is 12.4. The van der Waals surface area contributed by atoms with E-state index in [9.17, 15) is 4.80 Å². The van der Waals surface area contributed by atoms with E-state index >= 15 is 0 Å². The van der Waals surface area contributed by atoms with E-state index in [4.69, 9.17) is 18.9 Å². The fourth-order valence-electron chi connectivity index (χ4n) is 5.58. The van der Waals surface area contributed by atoms with Crippen LogP contribution in [0.4, 0.5) is 0 Å². The van der Waals surface area contributed by atoms with E-state index in [0.717, 1.165) is 35.0 Å². The largest absolute Gasteiger partial charge is 0.479 e. The van der Waals surface area contributed by atoms with Gasteiger partial charge >= 0.3 is 0 Å². The molecule has 0 aliphatic carbocycles. The zero-order valence-corrected chi connectivity index (χ0v) is 25.1. The van der Waals surface area contributed by atoms with Crippen molar-refractivity contribution in [2.45, 2.75) is 102 Å². The molecule has 0 saturated carbocycles. The maximum absolute atomic E-state index is 10.9. The number of aromatic nitrogens is 3. The van der Waals surface area contributed by atoms with Gasteiger partial charge in [0.25, 0.3) is 0 Å². The molecule has 2 N–H and O–H groups in total. The van der Waals surface area contributed by atoms with Gasteiger partial charge in [-0.1, -0.05) is 44.2 Å². The lowest BCUT2D eigenvalue weighted by atomic mass is 9.98. The molecule has 1 aromatic carbocycles. The highest BCUT2D eigenvalue weighted by molar-refractivity contribution is 6.72. The smallest absolute Gasteiger partial charge is 0.241 e. The Balaban J connectivity index is 1.44. The topological polar surface area (TPSA) is 99.9 Å². The van der Waals surface area contributed by atoms with E-state index in [1.165, 1.54) is 6.33 Å². The number of hydrogen-bond donors (Lipinski definition) is 2. The molecule has 4 atom stereocenters. The Bertz CT molecular complexity index is 1290. The molecular weight excluding hydrogens is 512 g/mol. The first kappa shape index (κ1) is 28.2. The molecule has 4 heterocycles. The monoisotopic (exact) mass is 554 g/mol. The second-order valence-corrected chi connectivity index (χ2v) is 16.9. The maximum Gasteiger partial charge on any atom is 0.241 e. The molecule has 0 unspecified atom stereocenters. The highest BCUT2D eigenvalue weighted by atomic mass is 28.4. The summed E-state index contributed by atoms with van der Waals surface area (Å²) in [5, 5.41) is 3.70. The van der Waals surface area contributed by atoms with Crippen LogP contribution in [0.2, 0.25) is 18.1 Å². The van der Waals surface area contributed by atoms with Gasteiger partial charge in [0, 0.05) is 17.8 Å². The second kappa shape index (κ2) is 10.6. The number of hydrogen-bond acceptors (Lipinski definition) is 8. The van der Waals surface area contributed by atoms with E-state index in [-0.39, 0.29) is 29.3 Å². The zero-order valence-electron chi connectivity index (χ0n) is 24.1. The molecule has 2 aromatic heterocycles. The van der Waals surface area contributed by atoms with Crippen molar-refractivity contribution in [3.63, 3.8) is 0 Å². The van der Waals surface area contributed by atoms with Gasteiger partial charge in [-0.3, -0.25) is 0 Å². The van der Waals surface area contributed by atoms with Gasteiger partial charge in [0.2, 0.25) is 5.88 Å². The molecule has 5 rings (SSSR count). The van der Waals surface area contributed by atoms with Crippen LogP contribution >= 0.6 is 0 Å². The number of ether oxygens (including phenoxy) is 4. The van der Waals surface area contributed by atoms with Gasteiger partial charge in [0.1, 0.15) is 36.3 Å². The van der Waals surface area contributed by atoms with Crippen LogP contribution in [0, 0.1) is 0 Å². The normalized spacial score (nSPS) is 24.8. The van der Waals surface area contributed by atoms with Gasteiger partial charge in [0.05, 0.1) is 19.8 Å². The molecule has 9 nitrogen and oxygen atoms in total. The first-order chi connectivity index (χ1) is 18.4. The fourth-order valence-corrected chi connectivity index (χ4v) is 6.34. The molecule has 0 bridgehead atoms. The molecule has 2 aliphatic heterocycles. The first-order valence-corrected chi connectivity index (χ1v) is 16.7. The highest BCUT2D eigenvalue weighted by Gasteiger charge is 2.55. The Kier molecular flexibility index (Phi) is 7.64. The van der Waals surface area contributed by atoms with Crippen LogP contribution in [-0.2, 0) is 27.5 Å². The number of fused-ring (bicyclic) bond motifs is 2. The third-order valence-corrected chi connectivity index (χ3v) is 12.1. The Morgan fingerprint density at radius 1 is 1.13 bits per heavy atom. The summed E-state index contributed by atoms with van der Waals surface area (Å²) >= 11 is 0. The molecule has 3 aromatic rings. The highest BCUT2D eigenvalue weighted by Crippen LogP contribution is 2.47. The van der Waals surface area contributed by atoms with Crippen LogP contribution in [-0.4, -0.2) is 58.8 Å². The molecule has 0 radical (unpaired) electrons. The van der Waals surface area contributed by atoms with Crippen molar-refractivity contribution in [3.05, 3.63) is 54.0 Å². The summed E-state index contributed by atoms with van der Waals surface area (Å²) < 4.78 is 26.7. The van der Waals surface area contributed by atoms with Crippen LogP contribution in [0.1, 0.15) is 57.7 Å². The fraction of sp³-hybridized carbons (Fsp3) is 0.586. The maximum atomic E-state index is 10.9. The molecule has 10 heteroatoms. The average molecular weight is 555 g/mol. The minimum Gasteiger partial charge on any atom is -0.479 e. The summed E-state index contributed by atoms with van der Waals surface area (Å²) in [4.78, 5) is 19.9. The molecule has 2 fully saturated rings. The number of nitrogens with one attached hydrogen (secondary N) is 1. The summed E-state index contributed by atoms with van der Waals surface area (Å²) in [5.74, 6) is -0.181. The molecule has 212 valence electrons. The minimum atomic E-state index is -2.33. The lowest BCUT2D eigenvalue weighted by Gasteiger charge is -2.36. The summed E-state index contributed by atoms with van der Waals surface area (Å²) in [7, 11) is -0.710. The van der Waals surface area contributed by atoms with Gasteiger partial charge in [-0.25, -0.2) is 4.98 Å². The number of methoxy groups -OCH3 is 1. The molecule has 2 saturated heterocycles. The Morgan fingerprint density at radius 3 is 2.54 bits per heavy atom. The third-order valence-electron chi connectivity index (χ3n) is 8.53. The lowest BCUT2D eigenvalue weighted by Crippen LogP contribution is -2.41. The standard InChI is InChI=1S/C29H42N4O5Si/c1-28(2,39(6,7)34)14-13-21-25-26(38-29(3,4)37-25)23(32-21)20-15-33(18-36-16-19-11-9-8-10-12-19)24-22(20)30-17-31-27(24)35-5/h8-12,15,17,21,23,25-26,32,34H,13-14,16,18H2,1-7H3/t21-,23+,25-,26+/m1/s1. The summed E-state index contributed by atoms with van der Waals surface area (Å²) in [6, 6.07) is 10.0. The van der Waals surface area contributed by atoms with Crippen molar-refractivity contribution in [2.75, 3.05) is 7.11 Å². The van der Waals surface area contributed by atoms with Crippen LogP contribution < -0.4 is 10.1 Å². The van der Waals surface area contributed by atoms with Gasteiger partial charge in [-0.2, -0.15) is 4.98 Å². The summed E-state index contributed by atoms with van der Waals surface area (Å²) in [6.07, 6.45) is 5.09. The lowest BCUT2D eigenvalue weighted by molar-refractivity contribution is -0.157.